The van der Waals surface area contributed by atoms with Gasteiger partial charge in [0.15, 0.2) is 5.13 Å². The molecule has 0 unspecified atom stereocenters. The van der Waals surface area contributed by atoms with Crippen LogP contribution in [0.3, 0.4) is 0 Å². The van der Waals surface area contributed by atoms with Crippen LogP contribution in [0.25, 0.3) is 0 Å². The summed E-state index contributed by atoms with van der Waals surface area (Å²) < 4.78 is 37.2. The number of rotatable bonds is 5. The van der Waals surface area contributed by atoms with Crippen LogP contribution in [0.5, 0.6) is 0 Å². The third-order valence-corrected chi connectivity index (χ3v) is 2.79. The van der Waals surface area contributed by atoms with Crippen molar-refractivity contribution in [2.75, 3.05) is 18.8 Å². The van der Waals surface area contributed by atoms with Crippen molar-refractivity contribution in [3.8, 4) is 0 Å². The largest absolute Gasteiger partial charge is 0.401 e. The summed E-state index contributed by atoms with van der Waals surface area (Å²) in [6.45, 7) is 3.53. The topological polar surface area (TPSA) is 42.2 Å². The van der Waals surface area contributed by atoms with Gasteiger partial charge in [-0.05, 0) is 5.92 Å². The minimum absolute atomic E-state index is 0.183. The number of hydrogen-bond donors (Lipinski definition) is 1. The highest BCUT2D eigenvalue weighted by Crippen LogP contribution is 2.21. The molecule has 0 aliphatic heterocycles. The van der Waals surface area contributed by atoms with Crippen LogP contribution in [0.4, 0.5) is 18.3 Å². The number of nitrogens with two attached hydrogens (primary N) is 1. The van der Waals surface area contributed by atoms with Gasteiger partial charge in [-0.3, -0.25) is 4.90 Å². The Morgan fingerprint density at radius 2 is 2.12 bits per heavy atom. The van der Waals surface area contributed by atoms with Crippen molar-refractivity contribution in [2.45, 2.75) is 26.6 Å². The van der Waals surface area contributed by atoms with E-state index in [1.54, 1.807) is 0 Å². The van der Waals surface area contributed by atoms with Gasteiger partial charge in [0.05, 0.1) is 6.54 Å². The first-order valence-corrected chi connectivity index (χ1v) is 6.07. The van der Waals surface area contributed by atoms with E-state index in [-0.39, 0.29) is 12.5 Å². The van der Waals surface area contributed by atoms with Crippen LogP contribution in [-0.2, 0) is 6.54 Å². The predicted molar refractivity (Wildman–Crippen MR) is 62.7 cm³/mol. The van der Waals surface area contributed by atoms with Gasteiger partial charge in [0.1, 0.15) is 0 Å². The summed E-state index contributed by atoms with van der Waals surface area (Å²) in [6.07, 6.45) is -2.64. The fourth-order valence-corrected chi connectivity index (χ4v) is 2.30. The highest BCUT2D eigenvalue weighted by Gasteiger charge is 2.31. The summed E-state index contributed by atoms with van der Waals surface area (Å²) in [4.78, 5) is 5.96. The molecule has 7 heteroatoms. The number of thiazole rings is 1. The van der Waals surface area contributed by atoms with Gasteiger partial charge in [-0.15, -0.1) is 11.3 Å². The van der Waals surface area contributed by atoms with Crippen LogP contribution in [-0.4, -0.2) is 29.1 Å². The molecule has 0 amide bonds. The van der Waals surface area contributed by atoms with Gasteiger partial charge in [-0.25, -0.2) is 4.98 Å². The monoisotopic (exact) mass is 267 g/mol. The van der Waals surface area contributed by atoms with Crippen molar-refractivity contribution in [3.05, 3.63) is 11.1 Å². The summed E-state index contributed by atoms with van der Waals surface area (Å²) in [6, 6.07) is 0. The van der Waals surface area contributed by atoms with Crippen molar-refractivity contribution in [1.29, 1.82) is 0 Å². The van der Waals surface area contributed by atoms with Crippen molar-refractivity contribution >= 4 is 16.5 Å². The molecule has 1 aromatic heterocycles. The second-order valence-electron chi connectivity index (χ2n) is 4.34. The number of nitrogens with zero attached hydrogens (tertiary/aromatic N) is 2. The summed E-state index contributed by atoms with van der Waals surface area (Å²) in [5.41, 5.74) is 5.45. The number of anilines is 1. The lowest BCUT2D eigenvalue weighted by Crippen LogP contribution is -2.36. The van der Waals surface area contributed by atoms with Crippen LogP contribution in [0.2, 0.25) is 0 Å². The molecule has 17 heavy (non-hydrogen) atoms. The molecule has 2 N–H and O–H groups in total. The molecule has 0 atom stereocenters. The smallest absolute Gasteiger partial charge is 0.375 e. The fourth-order valence-electron chi connectivity index (χ4n) is 1.57. The number of nitrogen functional groups attached to an aromatic ring is 1. The zero-order valence-corrected chi connectivity index (χ0v) is 10.6. The first kappa shape index (κ1) is 14.2. The Labute approximate surface area is 102 Å². The maximum Gasteiger partial charge on any atom is 0.401 e. The van der Waals surface area contributed by atoms with Crippen LogP contribution in [0.1, 0.15) is 18.7 Å². The van der Waals surface area contributed by atoms with Gasteiger partial charge in [-0.1, -0.05) is 13.8 Å². The molecule has 0 spiro atoms. The minimum Gasteiger partial charge on any atom is -0.375 e. The van der Waals surface area contributed by atoms with E-state index in [1.165, 1.54) is 22.4 Å². The first-order valence-electron chi connectivity index (χ1n) is 5.25. The molecule has 0 radical (unpaired) electrons. The highest BCUT2D eigenvalue weighted by atomic mass is 32.1. The number of aromatic nitrogens is 1. The molecule has 3 nitrogen and oxygen atoms in total. The molecule has 1 aromatic rings. The molecule has 0 fully saturated rings. The van der Waals surface area contributed by atoms with Crippen molar-refractivity contribution in [3.63, 3.8) is 0 Å². The molecule has 1 heterocycles. The Balaban J connectivity index is 2.63. The molecule has 98 valence electrons. The maximum atomic E-state index is 12.4. The average molecular weight is 267 g/mol. The van der Waals surface area contributed by atoms with Gasteiger partial charge in [0.25, 0.3) is 0 Å². The summed E-state index contributed by atoms with van der Waals surface area (Å²) in [5, 5.41) is 0.386. The average Bonchev–Trinajstić information content (AvgIpc) is 2.46. The van der Waals surface area contributed by atoms with Gasteiger partial charge < -0.3 is 5.73 Å². The Kier molecular flexibility index (Phi) is 4.76. The third kappa shape index (κ3) is 5.88. The zero-order valence-electron chi connectivity index (χ0n) is 9.79. The molecular formula is C10H16F3N3S. The number of alkyl halides is 3. The Morgan fingerprint density at radius 3 is 2.53 bits per heavy atom. The molecule has 0 aliphatic rings. The van der Waals surface area contributed by atoms with Crippen LogP contribution in [0, 0.1) is 5.92 Å². The molecule has 1 rings (SSSR count). The molecular weight excluding hydrogens is 251 g/mol. The first-order chi connectivity index (χ1) is 7.76. The van der Waals surface area contributed by atoms with E-state index in [4.69, 9.17) is 5.73 Å². The lowest BCUT2D eigenvalue weighted by Gasteiger charge is -2.24. The van der Waals surface area contributed by atoms with Gasteiger partial charge >= 0.3 is 6.18 Å². The molecule has 0 bridgehead atoms. The van der Waals surface area contributed by atoms with Crippen LogP contribution >= 0.6 is 11.3 Å². The minimum atomic E-state index is -4.18. The lowest BCUT2D eigenvalue weighted by atomic mass is 10.2. The number of hydrogen-bond acceptors (Lipinski definition) is 4. The van der Waals surface area contributed by atoms with E-state index in [0.29, 0.717) is 11.7 Å². The molecule has 0 aliphatic carbocycles. The predicted octanol–water partition coefficient (Wildman–Crippen LogP) is 2.75. The second-order valence-corrected chi connectivity index (χ2v) is 5.49. The molecule has 0 aromatic carbocycles. The van der Waals surface area contributed by atoms with Crippen molar-refractivity contribution in [1.82, 2.24) is 9.88 Å². The summed E-state index contributed by atoms with van der Waals surface area (Å²) >= 11 is 1.23. The van der Waals surface area contributed by atoms with Crippen LogP contribution < -0.4 is 5.73 Å². The Hall–Kier alpha value is -0.820. The zero-order chi connectivity index (χ0) is 13.1. The van der Waals surface area contributed by atoms with E-state index in [9.17, 15) is 13.2 Å². The van der Waals surface area contributed by atoms with Gasteiger partial charge in [0.2, 0.25) is 0 Å². The normalized spacial score (nSPS) is 12.6. The van der Waals surface area contributed by atoms with Crippen LogP contribution in [0.15, 0.2) is 6.20 Å². The highest BCUT2D eigenvalue weighted by molar-refractivity contribution is 7.15. The van der Waals surface area contributed by atoms with E-state index in [1.807, 2.05) is 13.8 Å². The summed E-state index contributed by atoms with van der Waals surface area (Å²) in [5.74, 6) is 0.183. The number of halogens is 3. The van der Waals surface area contributed by atoms with E-state index < -0.39 is 12.7 Å². The van der Waals surface area contributed by atoms with E-state index >= 15 is 0 Å². The molecule has 0 saturated carbocycles. The van der Waals surface area contributed by atoms with E-state index in [0.717, 1.165) is 4.88 Å². The fraction of sp³-hybridized carbons (Fsp3) is 0.700. The van der Waals surface area contributed by atoms with Gasteiger partial charge in [0, 0.05) is 24.2 Å². The Morgan fingerprint density at radius 1 is 1.47 bits per heavy atom. The summed E-state index contributed by atoms with van der Waals surface area (Å²) in [7, 11) is 0. The van der Waals surface area contributed by atoms with E-state index in [2.05, 4.69) is 4.98 Å². The third-order valence-electron chi connectivity index (χ3n) is 1.98. The van der Waals surface area contributed by atoms with Crippen molar-refractivity contribution < 1.29 is 13.2 Å². The Bertz CT molecular complexity index is 349. The lowest BCUT2D eigenvalue weighted by molar-refractivity contribution is -0.148. The standard InChI is InChI=1S/C10H16F3N3S/c1-7(2)4-16(6-10(11,12)13)5-8-3-15-9(14)17-8/h3,7H,4-6H2,1-2H3,(H2,14,15). The second kappa shape index (κ2) is 5.68. The maximum absolute atomic E-state index is 12.4. The van der Waals surface area contributed by atoms with Gasteiger partial charge in [-0.2, -0.15) is 13.2 Å². The SMILES string of the molecule is CC(C)CN(Cc1cnc(N)s1)CC(F)(F)F. The quantitative estimate of drug-likeness (QED) is 0.892. The van der Waals surface area contributed by atoms with Crippen molar-refractivity contribution in [2.24, 2.45) is 5.92 Å². The molecule has 0 saturated heterocycles.